The van der Waals surface area contributed by atoms with Gasteiger partial charge in [0.1, 0.15) is 5.60 Å². The highest BCUT2D eigenvalue weighted by Crippen LogP contribution is 2.42. The van der Waals surface area contributed by atoms with E-state index >= 15 is 0 Å². The first-order chi connectivity index (χ1) is 9.06. The van der Waals surface area contributed by atoms with E-state index in [1.165, 1.54) is 0 Å². The van der Waals surface area contributed by atoms with E-state index in [9.17, 15) is 14.7 Å². The molecular formula is C15H27NO4. The molecule has 116 valence electrons. The van der Waals surface area contributed by atoms with Crippen molar-refractivity contribution >= 4 is 12.1 Å². The van der Waals surface area contributed by atoms with E-state index in [1.807, 2.05) is 0 Å². The van der Waals surface area contributed by atoms with Crippen LogP contribution in [-0.2, 0) is 9.53 Å². The minimum atomic E-state index is -0.858. The van der Waals surface area contributed by atoms with Crippen LogP contribution in [0.25, 0.3) is 0 Å². The number of ether oxygens (including phenoxy) is 1. The Hall–Kier alpha value is -1.26. The number of hydrogen-bond acceptors (Lipinski definition) is 3. The first-order valence-corrected chi connectivity index (χ1v) is 7.26. The van der Waals surface area contributed by atoms with Crippen molar-refractivity contribution < 1.29 is 19.4 Å². The maximum Gasteiger partial charge on any atom is 0.407 e. The summed E-state index contributed by atoms with van der Waals surface area (Å²) >= 11 is 0. The Kier molecular flexibility index (Phi) is 5.05. The Morgan fingerprint density at radius 3 is 2.35 bits per heavy atom. The lowest BCUT2D eigenvalue weighted by Gasteiger charge is -2.39. The molecule has 0 radical (unpaired) electrons. The summed E-state index contributed by atoms with van der Waals surface area (Å²) in [6.07, 6.45) is 1.52. The molecule has 3 atom stereocenters. The van der Waals surface area contributed by atoms with E-state index in [-0.39, 0.29) is 6.54 Å². The molecule has 0 aromatic carbocycles. The maximum atomic E-state index is 11.7. The van der Waals surface area contributed by atoms with Crippen LogP contribution in [-0.4, -0.2) is 29.3 Å². The molecule has 1 saturated carbocycles. The number of hydrogen-bond donors (Lipinski definition) is 2. The van der Waals surface area contributed by atoms with Crippen LogP contribution in [0, 0.1) is 17.3 Å². The quantitative estimate of drug-likeness (QED) is 0.835. The maximum absolute atomic E-state index is 11.7. The van der Waals surface area contributed by atoms with Crippen LogP contribution in [0.3, 0.4) is 0 Å². The Morgan fingerprint density at radius 1 is 1.30 bits per heavy atom. The lowest BCUT2D eigenvalue weighted by Crippen LogP contribution is -2.48. The zero-order valence-electron chi connectivity index (χ0n) is 13.2. The molecule has 0 aromatic rings. The van der Waals surface area contributed by atoms with Crippen molar-refractivity contribution in [3.05, 3.63) is 0 Å². The number of aliphatic carboxylic acids is 1. The van der Waals surface area contributed by atoms with Crippen molar-refractivity contribution in [3.63, 3.8) is 0 Å². The molecule has 0 saturated heterocycles. The van der Waals surface area contributed by atoms with Gasteiger partial charge < -0.3 is 15.2 Å². The molecule has 1 aliphatic rings. The second kappa shape index (κ2) is 6.02. The molecule has 0 spiro atoms. The summed E-state index contributed by atoms with van der Waals surface area (Å²) in [7, 11) is 0. The molecule has 1 amide bonds. The number of carbonyl (C=O) groups excluding carboxylic acids is 1. The van der Waals surface area contributed by atoms with Crippen molar-refractivity contribution in [1.82, 2.24) is 5.32 Å². The topological polar surface area (TPSA) is 75.6 Å². The van der Waals surface area contributed by atoms with Gasteiger partial charge in [0.05, 0.1) is 5.41 Å². The SMILES string of the molecule is CC1CCC(CNC(=O)OC(C)(C)C)(C(=O)O)CC1C. The Labute approximate surface area is 121 Å². The van der Waals surface area contributed by atoms with E-state index in [0.717, 1.165) is 6.42 Å². The van der Waals surface area contributed by atoms with E-state index in [2.05, 4.69) is 19.2 Å². The summed E-state index contributed by atoms with van der Waals surface area (Å²) in [5.74, 6) is 0.0524. The van der Waals surface area contributed by atoms with Gasteiger partial charge in [-0.3, -0.25) is 4.79 Å². The van der Waals surface area contributed by atoms with Gasteiger partial charge in [0, 0.05) is 6.54 Å². The summed E-state index contributed by atoms with van der Waals surface area (Å²) in [6.45, 7) is 9.71. The Morgan fingerprint density at radius 2 is 1.90 bits per heavy atom. The van der Waals surface area contributed by atoms with E-state index in [4.69, 9.17) is 4.74 Å². The second-order valence-electron chi connectivity index (χ2n) is 7.14. The molecule has 0 heterocycles. The fourth-order valence-corrected chi connectivity index (χ4v) is 2.69. The third kappa shape index (κ3) is 4.39. The molecule has 5 nitrogen and oxygen atoms in total. The third-order valence-electron chi connectivity index (χ3n) is 4.19. The standard InChI is InChI=1S/C15H27NO4/c1-10-6-7-15(12(17)18,8-11(10)2)9-16-13(19)20-14(3,4)5/h10-11H,6-9H2,1-5H3,(H,16,19)(H,17,18). The first-order valence-electron chi connectivity index (χ1n) is 7.26. The van der Waals surface area contributed by atoms with Crippen LogP contribution < -0.4 is 5.32 Å². The van der Waals surface area contributed by atoms with Gasteiger partial charge in [0.2, 0.25) is 0 Å². The average Bonchev–Trinajstić information content (AvgIpc) is 2.28. The summed E-state index contributed by atoms with van der Waals surface area (Å²) < 4.78 is 5.16. The van der Waals surface area contributed by atoms with Crippen LogP contribution in [0.15, 0.2) is 0 Å². The molecule has 1 fully saturated rings. The van der Waals surface area contributed by atoms with Crippen LogP contribution in [0.4, 0.5) is 4.79 Å². The average molecular weight is 285 g/mol. The minimum Gasteiger partial charge on any atom is -0.481 e. The molecule has 0 bridgehead atoms. The highest BCUT2D eigenvalue weighted by atomic mass is 16.6. The predicted molar refractivity (Wildman–Crippen MR) is 76.5 cm³/mol. The van der Waals surface area contributed by atoms with Gasteiger partial charge in [-0.15, -0.1) is 0 Å². The minimum absolute atomic E-state index is 0.133. The van der Waals surface area contributed by atoms with Crippen molar-refractivity contribution in [1.29, 1.82) is 0 Å². The first kappa shape index (κ1) is 16.8. The van der Waals surface area contributed by atoms with Gasteiger partial charge in [-0.1, -0.05) is 13.8 Å². The van der Waals surface area contributed by atoms with Crippen LogP contribution in [0.2, 0.25) is 0 Å². The summed E-state index contributed by atoms with van der Waals surface area (Å²) in [4.78, 5) is 23.3. The normalized spacial score (nSPS) is 30.6. The fourth-order valence-electron chi connectivity index (χ4n) is 2.69. The van der Waals surface area contributed by atoms with E-state index in [1.54, 1.807) is 20.8 Å². The predicted octanol–water partition coefficient (Wildman–Crippen LogP) is 3.04. The lowest BCUT2D eigenvalue weighted by molar-refractivity contribution is -0.152. The van der Waals surface area contributed by atoms with Gasteiger partial charge in [0.25, 0.3) is 0 Å². The summed E-state index contributed by atoms with van der Waals surface area (Å²) in [5.41, 5.74) is -1.43. The van der Waals surface area contributed by atoms with Crippen LogP contribution >= 0.6 is 0 Å². The van der Waals surface area contributed by atoms with Gasteiger partial charge in [-0.2, -0.15) is 0 Å². The van der Waals surface area contributed by atoms with E-state index < -0.39 is 23.1 Å². The zero-order chi connectivity index (χ0) is 15.6. The van der Waals surface area contributed by atoms with Gasteiger partial charge >= 0.3 is 12.1 Å². The number of rotatable bonds is 3. The Balaban J connectivity index is 2.65. The summed E-state index contributed by atoms with van der Waals surface area (Å²) in [6, 6.07) is 0. The zero-order valence-corrected chi connectivity index (χ0v) is 13.2. The lowest BCUT2D eigenvalue weighted by atomic mass is 9.66. The number of carbonyl (C=O) groups is 2. The fraction of sp³-hybridized carbons (Fsp3) is 0.867. The van der Waals surface area contributed by atoms with Crippen molar-refractivity contribution in [2.75, 3.05) is 6.54 Å². The van der Waals surface area contributed by atoms with Crippen LogP contribution in [0.1, 0.15) is 53.9 Å². The number of carboxylic acids is 1. The Bertz CT molecular complexity index is 375. The molecule has 3 unspecified atom stereocenters. The molecule has 1 aliphatic carbocycles. The molecule has 0 aromatic heterocycles. The molecule has 0 aliphatic heterocycles. The smallest absolute Gasteiger partial charge is 0.407 e. The van der Waals surface area contributed by atoms with Crippen LogP contribution in [0.5, 0.6) is 0 Å². The molecular weight excluding hydrogens is 258 g/mol. The number of nitrogens with one attached hydrogen (secondary N) is 1. The molecule has 5 heteroatoms. The third-order valence-corrected chi connectivity index (χ3v) is 4.19. The van der Waals surface area contributed by atoms with Crippen molar-refractivity contribution in [2.24, 2.45) is 17.3 Å². The monoisotopic (exact) mass is 285 g/mol. The molecule has 1 rings (SSSR count). The number of alkyl carbamates (subject to hydrolysis) is 1. The molecule has 2 N–H and O–H groups in total. The van der Waals surface area contributed by atoms with Gasteiger partial charge in [-0.25, -0.2) is 4.79 Å². The molecule has 20 heavy (non-hydrogen) atoms. The summed E-state index contributed by atoms with van der Waals surface area (Å²) in [5, 5.41) is 12.2. The highest BCUT2D eigenvalue weighted by molar-refractivity contribution is 5.76. The number of amides is 1. The van der Waals surface area contributed by atoms with Gasteiger partial charge in [0.15, 0.2) is 0 Å². The second-order valence-corrected chi connectivity index (χ2v) is 7.14. The number of carboxylic acid groups (broad SMARTS) is 1. The van der Waals surface area contributed by atoms with Gasteiger partial charge in [-0.05, 0) is 51.9 Å². The largest absolute Gasteiger partial charge is 0.481 e. The van der Waals surface area contributed by atoms with Crippen molar-refractivity contribution in [3.8, 4) is 0 Å². The highest BCUT2D eigenvalue weighted by Gasteiger charge is 2.44. The van der Waals surface area contributed by atoms with Crippen molar-refractivity contribution in [2.45, 2.75) is 59.5 Å². The van der Waals surface area contributed by atoms with E-state index in [0.29, 0.717) is 24.7 Å².